The van der Waals surface area contributed by atoms with E-state index < -0.39 is 0 Å². The molecular weight excluding hydrogens is 308 g/mol. The zero-order valence-electron chi connectivity index (χ0n) is 13.8. The van der Waals surface area contributed by atoms with E-state index in [0.29, 0.717) is 23.8 Å². The summed E-state index contributed by atoms with van der Waals surface area (Å²) in [7, 11) is 0. The van der Waals surface area contributed by atoms with E-state index >= 15 is 0 Å². The monoisotopic (exact) mass is 332 g/mol. The topological polar surface area (TPSA) is 67.9 Å². The highest BCUT2D eigenvalue weighted by atomic mass is 16.7. The smallest absolute Gasteiger partial charge is 0.285 e. The van der Waals surface area contributed by atoms with Crippen LogP contribution in [-0.4, -0.2) is 49.3 Å². The number of carbonyl (C=O) groups excluding carboxylic acids is 2. The lowest BCUT2D eigenvalue weighted by atomic mass is 9.96. The Labute approximate surface area is 142 Å². The van der Waals surface area contributed by atoms with Crippen LogP contribution in [0.25, 0.3) is 0 Å². The molecule has 6 heteroatoms. The van der Waals surface area contributed by atoms with Gasteiger partial charge in [0.25, 0.3) is 11.8 Å². The Morgan fingerprint density at radius 3 is 2.21 bits per heavy atom. The molecule has 0 atom stereocenters. The van der Waals surface area contributed by atoms with Crippen molar-refractivity contribution in [2.24, 2.45) is 0 Å². The maximum absolute atomic E-state index is 12.1. The average Bonchev–Trinajstić information content (AvgIpc) is 2.80. The third-order valence-corrected chi connectivity index (χ3v) is 4.38. The Morgan fingerprint density at radius 2 is 1.62 bits per heavy atom. The first-order valence-electron chi connectivity index (χ1n) is 8.70. The third kappa shape index (κ3) is 4.01. The van der Waals surface area contributed by atoms with Gasteiger partial charge in [0.1, 0.15) is 0 Å². The van der Waals surface area contributed by atoms with E-state index in [-0.39, 0.29) is 11.8 Å². The van der Waals surface area contributed by atoms with Crippen molar-refractivity contribution in [1.82, 2.24) is 10.4 Å². The minimum Gasteiger partial charge on any atom is -0.378 e. The average molecular weight is 332 g/mol. The molecule has 6 nitrogen and oxygen atoms in total. The lowest BCUT2D eigenvalue weighted by Crippen LogP contribution is -2.31. The summed E-state index contributed by atoms with van der Waals surface area (Å²) in [5.74, 6) is -0.756. The second-order valence-corrected chi connectivity index (χ2v) is 6.16. The number of nitrogens with one attached hydrogen (secondary N) is 1. The summed E-state index contributed by atoms with van der Waals surface area (Å²) < 4.78 is 5.68. The van der Waals surface area contributed by atoms with Gasteiger partial charge < -0.3 is 10.1 Å². The fraction of sp³-hybridized carbons (Fsp3) is 0.556. The number of rotatable bonds is 10. The van der Waals surface area contributed by atoms with Crippen LogP contribution in [0.2, 0.25) is 0 Å². The number of hydroxylamine groups is 2. The summed E-state index contributed by atoms with van der Waals surface area (Å²) >= 11 is 0. The maximum Gasteiger partial charge on any atom is 0.285 e. The molecule has 0 spiro atoms. The first-order chi connectivity index (χ1) is 11.8. The second kappa shape index (κ2) is 8.37. The molecule has 1 saturated carbocycles. The number of imide groups is 1. The lowest BCUT2D eigenvalue weighted by molar-refractivity contribution is -0.0917. The van der Waals surface area contributed by atoms with E-state index in [1.54, 1.807) is 24.3 Å². The number of ether oxygens (including phenoxy) is 1. The van der Waals surface area contributed by atoms with Crippen molar-refractivity contribution in [3.8, 4) is 0 Å². The summed E-state index contributed by atoms with van der Waals surface area (Å²) in [4.78, 5) is 29.5. The molecule has 1 N–H and O–H groups in total. The van der Waals surface area contributed by atoms with E-state index in [1.165, 1.54) is 19.3 Å². The van der Waals surface area contributed by atoms with Crippen LogP contribution in [0.5, 0.6) is 0 Å². The number of fused-ring (bicyclic) bond motifs is 1. The number of benzene rings is 1. The Balaban J connectivity index is 1.25. The Hall–Kier alpha value is -1.76. The predicted molar refractivity (Wildman–Crippen MR) is 88.6 cm³/mol. The van der Waals surface area contributed by atoms with Crippen molar-refractivity contribution in [2.45, 2.75) is 38.2 Å². The van der Waals surface area contributed by atoms with Crippen molar-refractivity contribution in [1.29, 1.82) is 0 Å². The third-order valence-electron chi connectivity index (χ3n) is 4.38. The molecule has 0 saturated heterocycles. The van der Waals surface area contributed by atoms with Crippen LogP contribution in [-0.2, 0) is 9.57 Å². The minimum atomic E-state index is -0.378. The first kappa shape index (κ1) is 17.1. The molecule has 3 rings (SSSR count). The van der Waals surface area contributed by atoms with Gasteiger partial charge in [-0.3, -0.25) is 14.4 Å². The summed E-state index contributed by atoms with van der Waals surface area (Å²) in [6.07, 6.45) is 5.95. The van der Waals surface area contributed by atoms with Crippen LogP contribution >= 0.6 is 0 Å². The number of hydrogen-bond acceptors (Lipinski definition) is 5. The van der Waals surface area contributed by atoms with E-state index in [0.717, 1.165) is 37.6 Å². The molecule has 0 unspecified atom stereocenters. The van der Waals surface area contributed by atoms with Gasteiger partial charge in [-0.2, -0.15) is 0 Å². The van der Waals surface area contributed by atoms with Crippen molar-refractivity contribution in [3.05, 3.63) is 35.4 Å². The van der Waals surface area contributed by atoms with Crippen LogP contribution in [0.3, 0.4) is 0 Å². The van der Waals surface area contributed by atoms with Gasteiger partial charge >= 0.3 is 0 Å². The van der Waals surface area contributed by atoms with Crippen molar-refractivity contribution in [2.75, 3.05) is 26.3 Å². The SMILES string of the molecule is O=C1c2ccccc2C(=O)N1OCCCNCCCOC1CCC1. The molecule has 1 fully saturated rings. The highest BCUT2D eigenvalue weighted by Gasteiger charge is 2.36. The van der Waals surface area contributed by atoms with Gasteiger partial charge in [0.15, 0.2) is 0 Å². The molecule has 2 aliphatic rings. The Kier molecular flexibility index (Phi) is 5.96. The van der Waals surface area contributed by atoms with E-state index in [1.807, 2.05) is 0 Å². The second-order valence-electron chi connectivity index (χ2n) is 6.16. The van der Waals surface area contributed by atoms with Gasteiger partial charge in [0.05, 0.1) is 23.8 Å². The van der Waals surface area contributed by atoms with Gasteiger partial charge in [-0.05, 0) is 57.3 Å². The molecular formula is C18H24N2O4. The fourth-order valence-corrected chi connectivity index (χ4v) is 2.75. The summed E-state index contributed by atoms with van der Waals surface area (Å²) in [5, 5.41) is 4.18. The largest absolute Gasteiger partial charge is 0.378 e. The quantitative estimate of drug-likeness (QED) is 0.525. The molecule has 0 aromatic heterocycles. The van der Waals surface area contributed by atoms with Crippen molar-refractivity contribution < 1.29 is 19.2 Å². The van der Waals surface area contributed by atoms with Gasteiger partial charge in [0, 0.05) is 6.61 Å². The van der Waals surface area contributed by atoms with Gasteiger partial charge in [0.2, 0.25) is 0 Å². The summed E-state index contributed by atoms with van der Waals surface area (Å²) in [5.41, 5.74) is 0.819. The van der Waals surface area contributed by atoms with E-state index in [2.05, 4.69) is 5.32 Å². The van der Waals surface area contributed by atoms with Crippen molar-refractivity contribution >= 4 is 11.8 Å². The van der Waals surface area contributed by atoms with Gasteiger partial charge in [-0.25, -0.2) is 0 Å². The standard InChI is InChI=1S/C18H24N2O4/c21-17-15-8-1-2-9-16(15)18(22)20(17)24-13-5-11-19-10-4-12-23-14-6-3-7-14/h1-2,8-9,14,19H,3-7,10-13H2. The number of carbonyl (C=O) groups is 2. The Bertz CT molecular complexity index is 551. The number of hydrogen-bond donors (Lipinski definition) is 1. The molecule has 24 heavy (non-hydrogen) atoms. The van der Waals surface area contributed by atoms with E-state index in [4.69, 9.17) is 9.57 Å². The van der Waals surface area contributed by atoms with Gasteiger partial charge in [-0.15, -0.1) is 5.06 Å². The number of nitrogens with zero attached hydrogens (tertiary/aromatic N) is 1. The highest BCUT2D eigenvalue weighted by molar-refractivity contribution is 6.20. The zero-order valence-corrected chi connectivity index (χ0v) is 13.8. The molecule has 1 aromatic rings. The molecule has 0 bridgehead atoms. The molecule has 1 aromatic carbocycles. The van der Waals surface area contributed by atoms with Crippen LogP contribution in [0.1, 0.15) is 52.8 Å². The maximum atomic E-state index is 12.1. The predicted octanol–water partition coefficient (Wildman–Crippen LogP) is 2.15. The molecule has 130 valence electrons. The lowest BCUT2D eigenvalue weighted by Gasteiger charge is -2.25. The number of amides is 2. The molecule has 1 heterocycles. The van der Waals surface area contributed by atoms with Crippen molar-refractivity contribution in [3.63, 3.8) is 0 Å². The molecule has 0 radical (unpaired) electrons. The van der Waals surface area contributed by atoms with E-state index in [9.17, 15) is 9.59 Å². The first-order valence-corrected chi connectivity index (χ1v) is 8.70. The molecule has 1 aliphatic carbocycles. The molecule has 1 aliphatic heterocycles. The van der Waals surface area contributed by atoms with Crippen LogP contribution in [0, 0.1) is 0 Å². The molecule has 2 amide bonds. The van der Waals surface area contributed by atoms with Gasteiger partial charge in [-0.1, -0.05) is 12.1 Å². The summed E-state index contributed by atoms with van der Waals surface area (Å²) in [6, 6.07) is 6.77. The van der Waals surface area contributed by atoms with Crippen LogP contribution in [0.4, 0.5) is 0 Å². The Morgan fingerprint density at radius 1 is 1.00 bits per heavy atom. The highest BCUT2D eigenvalue weighted by Crippen LogP contribution is 2.23. The fourth-order valence-electron chi connectivity index (χ4n) is 2.75. The zero-order chi connectivity index (χ0) is 16.8. The minimum absolute atomic E-state index is 0.330. The normalized spacial score (nSPS) is 17.2. The van der Waals surface area contributed by atoms with Crippen LogP contribution < -0.4 is 5.32 Å². The summed E-state index contributed by atoms with van der Waals surface area (Å²) in [6.45, 7) is 2.83. The van der Waals surface area contributed by atoms with Crippen LogP contribution in [0.15, 0.2) is 24.3 Å².